The van der Waals surface area contributed by atoms with Crippen molar-refractivity contribution < 1.29 is 13.9 Å². The van der Waals surface area contributed by atoms with Crippen LogP contribution in [0.5, 0.6) is 0 Å². The minimum atomic E-state index is -0.267. The van der Waals surface area contributed by atoms with Crippen molar-refractivity contribution in [3.63, 3.8) is 0 Å². The lowest BCUT2D eigenvalue weighted by Crippen LogP contribution is -2.41. The second-order valence-corrected chi connectivity index (χ2v) is 7.10. The molecule has 1 N–H and O–H groups in total. The number of nitrogens with one attached hydrogen (secondary N) is 1. The number of amides is 1. The second-order valence-electron chi connectivity index (χ2n) is 6.02. The summed E-state index contributed by atoms with van der Waals surface area (Å²) in [5.41, 5.74) is 1.72. The number of hydrogen-bond donors (Lipinski definition) is 1. The number of aromatic nitrogens is 1. The minimum absolute atomic E-state index is 0.00525. The number of carbonyl (C=O) groups excluding carboxylic acids is 1. The molecule has 1 aromatic carbocycles. The molecule has 1 fully saturated rings. The lowest BCUT2D eigenvalue weighted by Gasteiger charge is -2.26. The first-order valence-electron chi connectivity index (χ1n) is 8.41. The van der Waals surface area contributed by atoms with Gasteiger partial charge in [-0.2, -0.15) is 0 Å². The summed E-state index contributed by atoms with van der Waals surface area (Å²) >= 11 is 1.49. The topological polar surface area (TPSA) is 54.5 Å². The number of benzene rings is 1. The van der Waals surface area contributed by atoms with Gasteiger partial charge in [-0.15, -0.1) is 11.3 Å². The molecule has 1 aromatic heterocycles. The minimum Gasteiger partial charge on any atom is -0.379 e. The van der Waals surface area contributed by atoms with Gasteiger partial charge < -0.3 is 10.1 Å². The van der Waals surface area contributed by atoms with Crippen LogP contribution in [0.2, 0.25) is 0 Å². The standard InChI is InChI=1S/C18H22FN3O2S/c1-13-16(25-18(21-13)14-2-4-15(19)5-3-14)12-17(23)20-6-7-22-8-10-24-11-9-22/h2-5H,6-12H2,1H3,(H,20,23). The van der Waals surface area contributed by atoms with Crippen LogP contribution in [-0.4, -0.2) is 55.2 Å². The maximum absolute atomic E-state index is 13.0. The van der Waals surface area contributed by atoms with Gasteiger partial charge in [-0.25, -0.2) is 9.37 Å². The first-order valence-corrected chi connectivity index (χ1v) is 9.22. The van der Waals surface area contributed by atoms with E-state index < -0.39 is 0 Å². The summed E-state index contributed by atoms with van der Waals surface area (Å²) < 4.78 is 18.3. The van der Waals surface area contributed by atoms with E-state index in [0.29, 0.717) is 13.0 Å². The molecule has 0 unspecified atom stereocenters. The second kappa shape index (κ2) is 8.51. The first kappa shape index (κ1) is 18.0. The van der Waals surface area contributed by atoms with E-state index in [0.717, 1.165) is 54.0 Å². The number of nitrogens with zero attached hydrogens (tertiary/aromatic N) is 2. The number of aryl methyl sites for hydroxylation is 1. The SMILES string of the molecule is Cc1nc(-c2ccc(F)cc2)sc1CC(=O)NCCN1CCOCC1. The van der Waals surface area contributed by atoms with Crippen LogP contribution in [0.4, 0.5) is 4.39 Å². The molecule has 7 heteroatoms. The van der Waals surface area contributed by atoms with Gasteiger partial charge in [0, 0.05) is 36.6 Å². The van der Waals surface area contributed by atoms with Gasteiger partial charge in [-0.1, -0.05) is 0 Å². The van der Waals surface area contributed by atoms with Gasteiger partial charge in [0.1, 0.15) is 10.8 Å². The Bertz CT molecular complexity index is 712. The highest BCUT2D eigenvalue weighted by Crippen LogP contribution is 2.28. The molecule has 0 saturated carbocycles. The van der Waals surface area contributed by atoms with Crippen LogP contribution in [0.3, 0.4) is 0 Å². The molecule has 0 bridgehead atoms. The fourth-order valence-electron chi connectivity index (χ4n) is 2.69. The molecule has 1 aliphatic heterocycles. The lowest BCUT2D eigenvalue weighted by molar-refractivity contribution is -0.120. The molecule has 1 aliphatic rings. The Morgan fingerprint density at radius 3 is 2.76 bits per heavy atom. The van der Waals surface area contributed by atoms with E-state index >= 15 is 0 Å². The largest absolute Gasteiger partial charge is 0.379 e. The van der Waals surface area contributed by atoms with Crippen molar-refractivity contribution in [3.8, 4) is 10.6 Å². The zero-order valence-corrected chi connectivity index (χ0v) is 15.1. The fraction of sp³-hybridized carbons (Fsp3) is 0.444. The summed E-state index contributed by atoms with van der Waals surface area (Å²) in [6.07, 6.45) is 0.327. The predicted molar refractivity (Wildman–Crippen MR) is 96.2 cm³/mol. The zero-order chi connectivity index (χ0) is 17.6. The molecule has 0 aliphatic carbocycles. The van der Waals surface area contributed by atoms with Gasteiger partial charge in [-0.3, -0.25) is 9.69 Å². The smallest absolute Gasteiger partial charge is 0.225 e. The summed E-state index contributed by atoms with van der Waals surface area (Å²) in [6.45, 7) is 6.76. The molecular weight excluding hydrogens is 341 g/mol. The van der Waals surface area contributed by atoms with Gasteiger partial charge in [0.2, 0.25) is 5.91 Å². The molecule has 0 spiro atoms. The van der Waals surface area contributed by atoms with Crippen molar-refractivity contribution in [2.24, 2.45) is 0 Å². The van der Waals surface area contributed by atoms with E-state index in [1.54, 1.807) is 12.1 Å². The summed E-state index contributed by atoms with van der Waals surface area (Å²) in [4.78, 5) is 19.9. The highest BCUT2D eigenvalue weighted by atomic mass is 32.1. The van der Waals surface area contributed by atoms with Crippen molar-refractivity contribution in [2.45, 2.75) is 13.3 Å². The van der Waals surface area contributed by atoms with Gasteiger partial charge >= 0.3 is 0 Å². The lowest BCUT2D eigenvalue weighted by atomic mass is 10.2. The van der Waals surface area contributed by atoms with Gasteiger partial charge in [0.25, 0.3) is 0 Å². The van der Waals surface area contributed by atoms with E-state index in [9.17, 15) is 9.18 Å². The van der Waals surface area contributed by atoms with Crippen molar-refractivity contribution >= 4 is 17.2 Å². The number of ether oxygens (including phenoxy) is 1. The van der Waals surface area contributed by atoms with E-state index in [2.05, 4.69) is 15.2 Å². The number of morpholine rings is 1. The maximum Gasteiger partial charge on any atom is 0.225 e. The number of halogens is 1. The third kappa shape index (κ3) is 5.07. The number of carbonyl (C=O) groups is 1. The molecule has 1 amide bonds. The van der Waals surface area contributed by atoms with Crippen LogP contribution in [0, 0.1) is 12.7 Å². The third-order valence-electron chi connectivity index (χ3n) is 4.16. The average molecular weight is 363 g/mol. The molecule has 5 nitrogen and oxygen atoms in total. The van der Waals surface area contributed by atoms with Crippen LogP contribution >= 0.6 is 11.3 Å². The maximum atomic E-state index is 13.0. The van der Waals surface area contributed by atoms with Crippen LogP contribution in [0.25, 0.3) is 10.6 Å². The highest BCUT2D eigenvalue weighted by molar-refractivity contribution is 7.15. The van der Waals surface area contributed by atoms with Gasteiger partial charge in [0.15, 0.2) is 0 Å². The Morgan fingerprint density at radius 2 is 2.04 bits per heavy atom. The number of rotatable bonds is 6. The summed E-state index contributed by atoms with van der Waals surface area (Å²) in [7, 11) is 0. The molecular formula is C18H22FN3O2S. The van der Waals surface area contributed by atoms with Gasteiger partial charge in [0.05, 0.1) is 25.3 Å². The number of thiazole rings is 1. The van der Waals surface area contributed by atoms with Crippen LogP contribution in [0.1, 0.15) is 10.6 Å². The molecule has 2 aromatic rings. The van der Waals surface area contributed by atoms with Crippen molar-refractivity contribution in [2.75, 3.05) is 39.4 Å². The summed E-state index contributed by atoms with van der Waals surface area (Å²) in [6, 6.07) is 6.26. The molecule has 2 heterocycles. The third-order valence-corrected chi connectivity index (χ3v) is 5.37. The van der Waals surface area contributed by atoms with Gasteiger partial charge in [-0.05, 0) is 31.2 Å². The Morgan fingerprint density at radius 1 is 1.32 bits per heavy atom. The Balaban J connectivity index is 1.51. The molecule has 134 valence electrons. The number of hydrogen-bond acceptors (Lipinski definition) is 5. The Labute approximate surface area is 150 Å². The fourth-order valence-corrected chi connectivity index (χ4v) is 3.76. The molecule has 3 rings (SSSR count). The van der Waals surface area contributed by atoms with E-state index in [4.69, 9.17) is 4.74 Å². The van der Waals surface area contributed by atoms with Crippen LogP contribution in [0.15, 0.2) is 24.3 Å². The van der Waals surface area contributed by atoms with Crippen LogP contribution in [-0.2, 0) is 16.0 Å². The van der Waals surface area contributed by atoms with E-state index in [1.165, 1.54) is 23.5 Å². The molecule has 0 radical (unpaired) electrons. The van der Waals surface area contributed by atoms with Crippen molar-refractivity contribution in [1.82, 2.24) is 15.2 Å². The molecule has 25 heavy (non-hydrogen) atoms. The summed E-state index contributed by atoms with van der Waals surface area (Å²) in [5.74, 6) is -0.262. The van der Waals surface area contributed by atoms with Crippen molar-refractivity contribution in [1.29, 1.82) is 0 Å². The average Bonchev–Trinajstić information content (AvgIpc) is 2.97. The van der Waals surface area contributed by atoms with E-state index in [1.807, 2.05) is 6.92 Å². The quantitative estimate of drug-likeness (QED) is 0.855. The molecule has 0 atom stereocenters. The highest BCUT2D eigenvalue weighted by Gasteiger charge is 2.14. The Hall–Kier alpha value is -1.83. The zero-order valence-electron chi connectivity index (χ0n) is 14.3. The van der Waals surface area contributed by atoms with E-state index in [-0.39, 0.29) is 11.7 Å². The van der Waals surface area contributed by atoms with Crippen LogP contribution < -0.4 is 5.32 Å². The normalized spacial score (nSPS) is 15.3. The monoisotopic (exact) mass is 363 g/mol. The first-order chi connectivity index (χ1) is 12.1. The molecule has 1 saturated heterocycles. The summed E-state index contributed by atoms with van der Waals surface area (Å²) in [5, 5.41) is 3.78. The Kier molecular flexibility index (Phi) is 6.12. The predicted octanol–water partition coefficient (Wildman–Crippen LogP) is 2.25. The van der Waals surface area contributed by atoms with Crippen molar-refractivity contribution in [3.05, 3.63) is 40.7 Å².